The van der Waals surface area contributed by atoms with E-state index < -0.39 is 4.92 Å². The summed E-state index contributed by atoms with van der Waals surface area (Å²) in [6.45, 7) is 2.50. The minimum atomic E-state index is -0.540. The summed E-state index contributed by atoms with van der Waals surface area (Å²) in [6, 6.07) is 2.87. The van der Waals surface area contributed by atoms with Crippen LogP contribution in [-0.2, 0) is 0 Å². The molecule has 0 atom stereocenters. The van der Waals surface area contributed by atoms with Crippen LogP contribution >= 0.6 is 11.8 Å². The number of nitrogens with one attached hydrogen (secondary N) is 1. The Labute approximate surface area is 126 Å². The number of hydrogen-bond acceptors (Lipinski definition) is 6. The van der Waals surface area contributed by atoms with E-state index in [4.69, 9.17) is 4.74 Å². The number of piperazine rings is 1. The number of nitro benzene ring substituents is 1. The third-order valence-corrected chi connectivity index (χ3v) is 4.09. The fourth-order valence-electron chi connectivity index (χ4n) is 2.23. The first-order valence-corrected chi connectivity index (χ1v) is 7.71. The highest BCUT2D eigenvalue weighted by Gasteiger charge is 2.27. The van der Waals surface area contributed by atoms with Crippen LogP contribution in [0.5, 0.6) is 5.75 Å². The summed E-state index contributed by atoms with van der Waals surface area (Å²) < 4.78 is 5.15. The molecule has 21 heavy (non-hydrogen) atoms. The number of nitro groups is 1. The van der Waals surface area contributed by atoms with Crippen LogP contribution in [0.4, 0.5) is 5.69 Å². The molecule has 0 radical (unpaired) electrons. The first kappa shape index (κ1) is 15.6. The van der Waals surface area contributed by atoms with Crippen molar-refractivity contribution >= 4 is 23.4 Å². The maximum atomic E-state index is 12.5. The predicted molar refractivity (Wildman–Crippen MR) is 80.2 cm³/mol. The zero-order valence-electron chi connectivity index (χ0n) is 11.9. The Morgan fingerprint density at radius 2 is 2.10 bits per heavy atom. The van der Waals surface area contributed by atoms with Gasteiger partial charge in [-0.25, -0.2) is 0 Å². The van der Waals surface area contributed by atoms with Crippen molar-refractivity contribution in [3.8, 4) is 5.75 Å². The molecule has 1 N–H and O–H groups in total. The summed E-state index contributed by atoms with van der Waals surface area (Å²) in [5, 5.41) is 14.4. The van der Waals surface area contributed by atoms with Crippen LogP contribution in [0.2, 0.25) is 0 Å². The van der Waals surface area contributed by atoms with Gasteiger partial charge in [0.1, 0.15) is 11.3 Å². The summed E-state index contributed by atoms with van der Waals surface area (Å²) in [6.07, 6.45) is 1.84. The smallest absolute Gasteiger partial charge is 0.285 e. The number of amides is 1. The zero-order valence-corrected chi connectivity index (χ0v) is 12.7. The summed E-state index contributed by atoms with van der Waals surface area (Å²) in [5.74, 6) is 0.104. The van der Waals surface area contributed by atoms with Gasteiger partial charge in [0.25, 0.3) is 11.6 Å². The number of carbonyl (C=O) groups is 1. The van der Waals surface area contributed by atoms with E-state index in [1.54, 1.807) is 11.0 Å². The van der Waals surface area contributed by atoms with Gasteiger partial charge in [0, 0.05) is 26.2 Å². The second-order valence-corrected chi connectivity index (χ2v) is 5.37. The van der Waals surface area contributed by atoms with Crippen LogP contribution in [0.25, 0.3) is 0 Å². The molecule has 1 aliphatic rings. The van der Waals surface area contributed by atoms with E-state index >= 15 is 0 Å². The second-order valence-electron chi connectivity index (χ2n) is 4.52. The standard InChI is InChI=1S/C13H17N3O4S/c1-20-11-8-10(16(18)19)9(7-12(11)21-2)13(17)15-5-3-14-4-6-15/h7-8,14H,3-6H2,1-2H3. The monoisotopic (exact) mass is 311 g/mol. The molecule has 1 amide bonds. The van der Waals surface area contributed by atoms with Crippen LogP contribution < -0.4 is 10.1 Å². The molecule has 0 spiro atoms. The Kier molecular flexibility index (Phi) is 5.03. The third-order valence-electron chi connectivity index (χ3n) is 3.33. The van der Waals surface area contributed by atoms with Gasteiger partial charge in [0.05, 0.1) is 23.0 Å². The number of methoxy groups -OCH3 is 1. The molecule has 0 aromatic heterocycles. The van der Waals surface area contributed by atoms with E-state index in [1.165, 1.54) is 24.9 Å². The average molecular weight is 311 g/mol. The van der Waals surface area contributed by atoms with Crippen LogP contribution in [0.3, 0.4) is 0 Å². The topological polar surface area (TPSA) is 84.7 Å². The summed E-state index contributed by atoms with van der Waals surface area (Å²) in [7, 11) is 1.45. The molecule has 2 rings (SSSR count). The predicted octanol–water partition coefficient (Wildman–Crippen LogP) is 1.37. The number of hydrogen-bond donors (Lipinski definition) is 1. The highest BCUT2D eigenvalue weighted by Crippen LogP contribution is 2.35. The van der Waals surface area contributed by atoms with Gasteiger partial charge >= 0.3 is 0 Å². The Balaban J connectivity index is 2.44. The molecule has 1 aliphatic heterocycles. The van der Waals surface area contributed by atoms with E-state index in [9.17, 15) is 14.9 Å². The lowest BCUT2D eigenvalue weighted by atomic mass is 10.1. The van der Waals surface area contributed by atoms with E-state index in [0.717, 1.165) is 0 Å². The first-order valence-electron chi connectivity index (χ1n) is 6.49. The fraction of sp³-hybridized carbons (Fsp3) is 0.462. The summed E-state index contributed by atoms with van der Waals surface area (Å²) in [5.41, 5.74) is -0.0970. The minimum Gasteiger partial charge on any atom is -0.495 e. The molecule has 7 nitrogen and oxygen atoms in total. The normalized spacial score (nSPS) is 14.9. The number of rotatable bonds is 4. The number of nitrogens with zero attached hydrogens (tertiary/aromatic N) is 2. The van der Waals surface area contributed by atoms with Gasteiger partial charge in [-0.2, -0.15) is 0 Å². The lowest BCUT2D eigenvalue weighted by Crippen LogP contribution is -2.46. The van der Waals surface area contributed by atoms with Crippen molar-refractivity contribution < 1.29 is 14.5 Å². The minimum absolute atomic E-state index is 0.118. The van der Waals surface area contributed by atoms with Crippen LogP contribution in [0, 0.1) is 10.1 Å². The number of carbonyl (C=O) groups excluding carboxylic acids is 1. The molecular weight excluding hydrogens is 294 g/mol. The van der Waals surface area contributed by atoms with Gasteiger partial charge in [-0.05, 0) is 12.3 Å². The second kappa shape index (κ2) is 6.77. The fourth-order valence-corrected chi connectivity index (χ4v) is 2.81. The number of benzene rings is 1. The largest absolute Gasteiger partial charge is 0.495 e. The van der Waals surface area contributed by atoms with Crippen molar-refractivity contribution in [1.82, 2.24) is 10.2 Å². The van der Waals surface area contributed by atoms with Crippen LogP contribution in [-0.4, -0.2) is 55.3 Å². The molecule has 0 unspecified atom stereocenters. The lowest BCUT2D eigenvalue weighted by molar-refractivity contribution is -0.385. The van der Waals surface area contributed by atoms with Crippen molar-refractivity contribution in [2.45, 2.75) is 4.90 Å². The molecule has 8 heteroatoms. The van der Waals surface area contributed by atoms with E-state index in [0.29, 0.717) is 36.8 Å². The quantitative estimate of drug-likeness (QED) is 0.513. The van der Waals surface area contributed by atoms with E-state index in [2.05, 4.69) is 5.32 Å². The highest BCUT2D eigenvalue weighted by molar-refractivity contribution is 7.98. The van der Waals surface area contributed by atoms with Gasteiger partial charge in [0.15, 0.2) is 0 Å². The molecule has 1 saturated heterocycles. The Morgan fingerprint density at radius 3 is 2.62 bits per heavy atom. The zero-order chi connectivity index (χ0) is 15.4. The summed E-state index contributed by atoms with van der Waals surface area (Å²) in [4.78, 5) is 25.6. The van der Waals surface area contributed by atoms with E-state index in [-0.39, 0.29) is 17.2 Å². The molecule has 1 aromatic carbocycles. The maximum absolute atomic E-state index is 12.5. The molecule has 0 aliphatic carbocycles. The SMILES string of the molecule is COc1cc([N+](=O)[O-])c(C(=O)N2CCNCC2)cc1SC. The third kappa shape index (κ3) is 3.27. The highest BCUT2D eigenvalue weighted by atomic mass is 32.2. The van der Waals surface area contributed by atoms with Gasteiger partial charge in [0.2, 0.25) is 0 Å². The van der Waals surface area contributed by atoms with Crippen molar-refractivity contribution in [2.75, 3.05) is 39.5 Å². The molecule has 0 bridgehead atoms. The molecule has 1 heterocycles. The Morgan fingerprint density at radius 1 is 1.43 bits per heavy atom. The maximum Gasteiger partial charge on any atom is 0.285 e. The van der Waals surface area contributed by atoms with E-state index in [1.807, 2.05) is 6.26 Å². The first-order chi connectivity index (χ1) is 10.1. The average Bonchev–Trinajstić information content (AvgIpc) is 2.53. The van der Waals surface area contributed by atoms with Crippen molar-refractivity contribution in [1.29, 1.82) is 0 Å². The summed E-state index contributed by atoms with van der Waals surface area (Å²) >= 11 is 1.39. The van der Waals surface area contributed by atoms with Gasteiger partial charge in [-0.1, -0.05) is 0 Å². The number of thioether (sulfide) groups is 1. The molecule has 114 valence electrons. The molecule has 0 saturated carbocycles. The molecular formula is C13H17N3O4S. The Bertz CT molecular complexity index is 559. The molecule has 1 aromatic rings. The number of ether oxygens (including phenoxy) is 1. The van der Waals surface area contributed by atoms with Crippen LogP contribution in [0.1, 0.15) is 10.4 Å². The lowest BCUT2D eigenvalue weighted by Gasteiger charge is -2.27. The van der Waals surface area contributed by atoms with Crippen molar-refractivity contribution in [2.24, 2.45) is 0 Å². The van der Waals surface area contributed by atoms with Gasteiger partial charge in [-0.3, -0.25) is 14.9 Å². The van der Waals surface area contributed by atoms with Crippen molar-refractivity contribution in [3.05, 3.63) is 27.8 Å². The molecule has 1 fully saturated rings. The van der Waals surface area contributed by atoms with Gasteiger partial charge < -0.3 is 15.0 Å². The Hall–Kier alpha value is -1.80. The van der Waals surface area contributed by atoms with Crippen molar-refractivity contribution in [3.63, 3.8) is 0 Å². The van der Waals surface area contributed by atoms with Crippen LogP contribution in [0.15, 0.2) is 17.0 Å². The van der Waals surface area contributed by atoms with Gasteiger partial charge in [-0.15, -0.1) is 11.8 Å².